The Morgan fingerprint density at radius 3 is 2.49 bits per heavy atom. The summed E-state index contributed by atoms with van der Waals surface area (Å²) in [5, 5.41) is 19.9. The number of rotatable bonds is 6. The molecule has 0 bridgehead atoms. The Bertz CT molecular complexity index is 1520. The molecule has 39 heavy (non-hydrogen) atoms. The molecule has 6 rings (SSSR count). The lowest BCUT2D eigenvalue weighted by Crippen LogP contribution is -2.41. The molecule has 2 fully saturated rings. The smallest absolute Gasteiger partial charge is 0.238 e. The Kier molecular flexibility index (Phi) is 6.89. The molecule has 2 aliphatic rings. The summed E-state index contributed by atoms with van der Waals surface area (Å²) < 4.78 is 7.51. The number of imidazole rings is 1. The maximum absolute atomic E-state index is 10.4. The Morgan fingerprint density at radius 2 is 1.74 bits per heavy atom. The monoisotopic (exact) mass is 526 g/mol. The van der Waals surface area contributed by atoms with Crippen LogP contribution in [0.5, 0.6) is 0 Å². The van der Waals surface area contributed by atoms with Crippen LogP contribution >= 0.6 is 0 Å². The van der Waals surface area contributed by atoms with Gasteiger partial charge in [-0.25, -0.2) is 15.0 Å². The lowest BCUT2D eigenvalue weighted by atomic mass is 9.83. The second-order valence-corrected chi connectivity index (χ2v) is 11.0. The van der Waals surface area contributed by atoms with Gasteiger partial charge in [-0.2, -0.15) is 10.2 Å². The van der Waals surface area contributed by atoms with E-state index < -0.39 is 5.60 Å². The van der Waals surface area contributed by atoms with Gasteiger partial charge < -0.3 is 14.7 Å². The number of fused-ring (bicyclic) bond motifs is 2. The molecule has 2 aliphatic heterocycles. The molecule has 5 heterocycles. The van der Waals surface area contributed by atoms with Crippen molar-refractivity contribution in [2.75, 3.05) is 44.3 Å². The minimum absolute atomic E-state index is 0.157. The van der Waals surface area contributed by atoms with Crippen LogP contribution in [0.1, 0.15) is 38.2 Å². The van der Waals surface area contributed by atoms with Crippen molar-refractivity contribution in [2.24, 2.45) is 5.92 Å². The van der Waals surface area contributed by atoms with Gasteiger partial charge in [0.1, 0.15) is 11.3 Å². The molecule has 1 aromatic carbocycles. The predicted octanol–water partition coefficient (Wildman–Crippen LogP) is 3.25. The van der Waals surface area contributed by atoms with Gasteiger partial charge in [0, 0.05) is 19.6 Å². The fourth-order valence-electron chi connectivity index (χ4n) is 5.73. The van der Waals surface area contributed by atoms with E-state index in [1.54, 1.807) is 0 Å². The first-order valence-corrected chi connectivity index (χ1v) is 13.7. The van der Waals surface area contributed by atoms with Crippen molar-refractivity contribution in [3.05, 3.63) is 47.9 Å². The number of benzene rings is 1. The minimum atomic E-state index is -0.636. The van der Waals surface area contributed by atoms with Crippen molar-refractivity contribution < 1.29 is 9.84 Å². The Morgan fingerprint density at radius 1 is 0.974 bits per heavy atom. The zero-order chi connectivity index (χ0) is 27.0. The number of hydrogen-bond acceptors (Lipinski definition) is 9. The van der Waals surface area contributed by atoms with E-state index in [-0.39, 0.29) is 6.42 Å². The fraction of sp³-hybridized carbons (Fsp3) is 0.483. The molecule has 10 nitrogen and oxygen atoms in total. The molecule has 0 aliphatic carbocycles. The first-order valence-electron chi connectivity index (χ1n) is 13.7. The standard InChI is InChI=1S/C29H34N8O2/c1-29(2,38)20-10-13-35(14-11-20)19-21-7-8-23-26(31-21)27(36-15-17-39-18-16-36)34-28(33-23)37-24-6-4-3-5-22(24)32-25(37)9-12-30/h3-8,20,38H,9-11,13-19H2,1-2H3. The highest BCUT2D eigenvalue weighted by atomic mass is 16.5. The van der Waals surface area contributed by atoms with Gasteiger partial charge in [0.15, 0.2) is 5.82 Å². The topological polar surface area (TPSA) is 116 Å². The largest absolute Gasteiger partial charge is 0.390 e. The Balaban J connectivity index is 1.39. The van der Waals surface area contributed by atoms with Gasteiger partial charge in [-0.15, -0.1) is 0 Å². The number of hydrogen-bond donors (Lipinski definition) is 1. The van der Waals surface area contributed by atoms with Crippen LogP contribution in [0.4, 0.5) is 5.82 Å². The van der Waals surface area contributed by atoms with Crippen LogP contribution in [0.3, 0.4) is 0 Å². The summed E-state index contributed by atoms with van der Waals surface area (Å²) in [4.78, 5) is 24.4. The van der Waals surface area contributed by atoms with Crippen molar-refractivity contribution in [2.45, 2.75) is 45.3 Å². The molecule has 1 N–H and O–H groups in total. The summed E-state index contributed by atoms with van der Waals surface area (Å²) in [5.74, 6) is 2.21. The number of pyridine rings is 1. The molecule has 0 atom stereocenters. The van der Waals surface area contributed by atoms with Crippen LogP contribution in [0, 0.1) is 17.2 Å². The predicted molar refractivity (Wildman–Crippen MR) is 149 cm³/mol. The average Bonchev–Trinajstić information content (AvgIpc) is 3.31. The molecule has 0 radical (unpaired) electrons. The molecule has 202 valence electrons. The molecular formula is C29H34N8O2. The second-order valence-electron chi connectivity index (χ2n) is 11.0. The molecule has 0 saturated carbocycles. The van der Waals surface area contributed by atoms with E-state index in [2.05, 4.69) is 15.9 Å². The number of piperidine rings is 1. The highest BCUT2D eigenvalue weighted by molar-refractivity contribution is 5.87. The van der Waals surface area contributed by atoms with Crippen molar-refractivity contribution in [1.29, 1.82) is 5.26 Å². The molecule has 4 aromatic rings. The number of para-hydroxylation sites is 2. The summed E-state index contributed by atoms with van der Waals surface area (Å²) >= 11 is 0. The lowest BCUT2D eigenvalue weighted by molar-refractivity contribution is -0.0137. The highest BCUT2D eigenvalue weighted by Crippen LogP contribution is 2.30. The molecule has 0 unspecified atom stereocenters. The van der Waals surface area contributed by atoms with Gasteiger partial charge >= 0.3 is 0 Å². The molecule has 10 heteroatoms. The number of nitrogens with zero attached hydrogens (tertiary/aromatic N) is 8. The van der Waals surface area contributed by atoms with Crippen LogP contribution in [-0.4, -0.2) is 79.5 Å². The number of aliphatic hydroxyl groups is 1. The molecule has 0 spiro atoms. The van der Waals surface area contributed by atoms with E-state index in [4.69, 9.17) is 24.7 Å². The quantitative estimate of drug-likeness (QED) is 0.404. The first-order chi connectivity index (χ1) is 18.9. The van der Waals surface area contributed by atoms with Gasteiger partial charge in [-0.1, -0.05) is 12.1 Å². The second kappa shape index (κ2) is 10.5. The van der Waals surface area contributed by atoms with Crippen LogP contribution < -0.4 is 4.90 Å². The Hall–Kier alpha value is -3.65. The zero-order valence-electron chi connectivity index (χ0n) is 22.5. The molecule has 3 aromatic heterocycles. The van der Waals surface area contributed by atoms with E-state index in [9.17, 15) is 10.4 Å². The van der Waals surface area contributed by atoms with Crippen LogP contribution in [0.25, 0.3) is 28.0 Å². The Labute approximate surface area is 227 Å². The van der Waals surface area contributed by atoms with Crippen LogP contribution in [0.15, 0.2) is 36.4 Å². The summed E-state index contributed by atoms with van der Waals surface area (Å²) in [6.07, 6.45) is 2.11. The van der Waals surface area contributed by atoms with Crippen molar-refractivity contribution >= 4 is 27.9 Å². The third-order valence-electron chi connectivity index (χ3n) is 7.92. The first kappa shape index (κ1) is 25.6. The van der Waals surface area contributed by atoms with Gasteiger partial charge in [-0.3, -0.25) is 9.47 Å². The summed E-state index contributed by atoms with van der Waals surface area (Å²) in [6, 6.07) is 14.1. The number of morpholine rings is 1. The van der Waals surface area contributed by atoms with Crippen molar-refractivity contribution in [1.82, 2.24) is 29.4 Å². The van der Waals surface area contributed by atoms with Crippen LogP contribution in [-0.2, 0) is 17.7 Å². The van der Waals surface area contributed by atoms with Crippen molar-refractivity contribution in [3.8, 4) is 12.0 Å². The maximum atomic E-state index is 10.4. The number of anilines is 1. The summed E-state index contributed by atoms with van der Waals surface area (Å²) in [6.45, 7) is 9.15. The SMILES string of the molecule is CC(C)(O)C1CCN(Cc2ccc3nc(-n4c(CC#N)nc5ccccc54)nc(N4CCOCC4)c3n2)CC1. The van der Waals surface area contributed by atoms with Crippen LogP contribution in [0.2, 0.25) is 0 Å². The normalized spacial score (nSPS) is 17.6. The van der Waals surface area contributed by atoms with E-state index >= 15 is 0 Å². The van der Waals surface area contributed by atoms with Gasteiger partial charge in [0.05, 0.1) is 53.5 Å². The van der Waals surface area contributed by atoms with E-state index in [0.29, 0.717) is 30.9 Å². The van der Waals surface area contributed by atoms with Gasteiger partial charge in [-0.05, 0) is 70.0 Å². The summed E-state index contributed by atoms with van der Waals surface area (Å²) in [5.41, 5.74) is 3.55. The average molecular weight is 527 g/mol. The number of ether oxygens (including phenoxy) is 1. The zero-order valence-corrected chi connectivity index (χ0v) is 22.5. The molecule has 0 amide bonds. The number of aromatic nitrogens is 5. The maximum Gasteiger partial charge on any atom is 0.238 e. The van der Waals surface area contributed by atoms with Gasteiger partial charge in [0.25, 0.3) is 0 Å². The molecule has 2 saturated heterocycles. The minimum Gasteiger partial charge on any atom is -0.390 e. The summed E-state index contributed by atoms with van der Waals surface area (Å²) in [7, 11) is 0. The number of nitriles is 1. The lowest BCUT2D eigenvalue weighted by Gasteiger charge is -2.37. The number of likely N-dealkylation sites (tertiary alicyclic amines) is 1. The van der Waals surface area contributed by atoms with Crippen molar-refractivity contribution in [3.63, 3.8) is 0 Å². The molecular weight excluding hydrogens is 492 g/mol. The van der Waals surface area contributed by atoms with E-state index in [1.807, 2.05) is 54.8 Å². The highest BCUT2D eigenvalue weighted by Gasteiger charge is 2.30. The van der Waals surface area contributed by atoms with E-state index in [0.717, 1.165) is 79.1 Å². The third-order valence-corrected chi connectivity index (χ3v) is 7.92. The van der Waals surface area contributed by atoms with E-state index in [1.165, 1.54) is 0 Å². The fourth-order valence-corrected chi connectivity index (χ4v) is 5.73. The van der Waals surface area contributed by atoms with Gasteiger partial charge in [0.2, 0.25) is 5.95 Å². The third kappa shape index (κ3) is 5.17.